The Morgan fingerprint density at radius 2 is 1.67 bits per heavy atom. The summed E-state index contributed by atoms with van der Waals surface area (Å²) in [7, 11) is 1.95. The van der Waals surface area contributed by atoms with Gasteiger partial charge in [0.25, 0.3) is 5.56 Å². The van der Waals surface area contributed by atoms with Crippen LogP contribution < -0.4 is 15.4 Å². The number of ether oxygens (including phenoxy) is 1. The number of benzene rings is 2. The molecule has 10 nitrogen and oxygen atoms in total. The largest absolute Gasteiger partial charge is 0.425 e. The van der Waals surface area contributed by atoms with E-state index in [4.69, 9.17) is 9.72 Å². The molecule has 0 saturated carbocycles. The number of carbonyl (C=O) groups excluding carboxylic acids is 1. The molecule has 0 radical (unpaired) electrons. The molecule has 1 aliphatic rings. The second kappa shape index (κ2) is 17.3. The van der Waals surface area contributed by atoms with Crippen molar-refractivity contribution in [1.29, 1.82) is 0 Å². The topological polar surface area (TPSA) is 88.7 Å². The van der Waals surface area contributed by atoms with E-state index in [2.05, 4.69) is 27.4 Å². The first-order valence-corrected chi connectivity index (χ1v) is 18.0. The Balaban J connectivity index is 1.23. The molecule has 1 saturated heterocycles. The maximum absolute atomic E-state index is 13.6. The minimum atomic E-state index is -0.819. The lowest BCUT2D eigenvalue weighted by molar-refractivity contribution is 0.0374. The first-order chi connectivity index (χ1) is 23.8. The van der Waals surface area contributed by atoms with Gasteiger partial charge in [0, 0.05) is 51.5 Å². The standard InChI is InChI=1S/C38H52FN7O3/c1-5-7-8-9-10-11-14-25-43(6-2)38(48)49-29(3)46-35(47)21-24-40-36(46)42(4)32-22-26-44(27-23-32)37-41-33-15-12-13-16-34(33)45(37)28-30-17-19-31(39)20-18-30/h12-13,15-21,24,29,32H,5-11,14,22-23,25-28H2,1-4H3. The van der Waals surface area contributed by atoms with Crippen LogP contribution in [-0.2, 0) is 11.3 Å². The average molecular weight is 674 g/mol. The number of amides is 1. The van der Waals surface area contributed by atoms with Gasteiger partial charge in [-0.25, -0.2) is 23.7 Å². The number of anilines is 2. The maximum atomic E-state index is 13.6. The summed E-state index contributed by atoms with van der Waals surface area (Å²) in [5.41, 5.74) is 2.69. The molecular weight excluding hydrogens is 621 g/mol. The highest BCUT2D eigenvalue weighted by Gasteiger charge is 2.29. The van der Waals surface area contributed by atoms with E-state index in [1.54, 1.807) is 11.8 Å². The molecule has 264 valence electrons. The zero-order valence-electron chi connectivity index (χ0n) is 29.6. The third-order valence-electron chi connectivity index (χ3n) is 9.67. The molecule has 11 heteroatoms. The molecule has 3 heterocycles. The number of fused-ring (bicyclic) bond motifs is 1. The van der Waals surface area contributed by atoms with Crippen molar-refractivity contribution in [2.75, 3.05) is 43.0 Å². The van der Waals surface area contributed by atoms with Crippen molar-refractivity contribution in [3.63, 3.8) is 0 Å². The lowest BCUT2D eigenvalue weighted by Gasteiger charge is -2.38. The van der Waals surface area contributed by atoms with Crippen molar-refractivity contribution >= 4 is 29.0 Å². The van der Waals surface area contributed by atoms with Crippen molar-refractivity contribution in [2.24, 2.45) is 0 Å². The van der Waals surface area contributed by atoms with Crippen molar-refractivity contribution < 1.29 is 13.9 Å². The molecule has 0 bridgehead atoms. The second-order valence-corrected chi connectivity index (χ2v) is 13.1. The number of nitrogens with zero attached hydrogens (tertiary/aromatic N) is 7. The highest BCUT2D eigenvalue weighted by atomic mass is 19.1. The number of hydrogen-bond acceptors (Lipinski definition) is 7. The summed E-state index contributed by atoms with van der Waals surface area (Å²) in [6.45, 7) is 9.19. The van der Waals surface area contributed by atoms with Crippen LogP contribution in [0.4, 0.5) is 21.1 Å². The SMILES string of the molecule is CCCCCCCCCN(CC)C(=O)OC(C)n1c(N(C)C2CCN(c3nc4ccccc4n3Cc3ccc(F)cc3)CC2)nccc1=O. The van der Waals surface area contributed by atoms with Gasteiger partial charge in [0.15, 0.2) is 6.23 Å². The van der Waals surface area contributed by atoms with Gasteiger partial charge in [0.2, 0.25) is 11.9 Å². The molecule has 0 spiro atoms. The zero-order chi connectivity index (χ0) is 34.8. The smallest absolute Gasteiger partial charge is 0.411 e. The predicted molar refractivity (Wildman–Crippen MR) is 194 cm³/mol. The van der Waals surface area contributed by atoms with Crippen molar-refractivity contribution in [1.82, 2.24) is 24.0 Å². The highest BCUT2D eigenvalue weighted by molar-refractivity contribution is 5.79. The van der Waals surface area contributed by atoms with E-state index in [9.17, 15) is 14.0 Å². The summed E-state index contributed by atoms with van der Waals surface area (Å²) in [6, 6.07) is 16.2. The van der Waals surface area contributed by atoms with Gasteiger partial charge in [-0.1, -0.05) is 69.7 Å². The molecule has 5 rings (SSSR count). The molecule has 1 atom stereocenters. The third-order valence-corrected chi connectivity index (χ3v) is 9.67. The summed E-state index contributed by atoms with van der Waals surface area (Å²) < 4.78 is 23.2. The number of halogens is 1. The fourth-order valence-electron chi connectivity index (χ4n) is 6.77. The molecule has 1 unspecified atom stereocenters. The Hall–Kier alpha value is -4.41. The highest BCUT2D eigenvalue weighted by Crippen LogP contribution is 2.29. The van der Waals surface area contributed by atoms with Crippen LogP contribution in [0, 0.1) is 5.82 Å². The molecule has 4 aromatic rings. The molecule has 0 N–H and O–H groups in total. The van der Waals surface area contributed by atoms with E-state index in [-0.39, 0.29) is 17.4 Å². The molecule has 0 aliphatic carbocycles. The summed E-state index contributed by atoms with van der Waals surface area (Å²) in [4.78, 5) is 42.0. The van der Waals surface area contributed by atoms with Crippen LogP contribution in [0.1, 0.15) is 90.3 Å². The van der Waals surface area contributed by atoms with Gasteiger partial charge in [0.1, 0.15) is 5.82 Å². The minimum absolute atomic E-state index is 0.110. The fourth-order valence-corrected chi connectivity index (χ4v) is 6.77. The van der Waals surface area contributed by atoms with E-state index in [1.807, 2.05) is 49.2 Å². The molecule has 1 aliphatic heterocycles. The quantitative estimate of drug-likeness (QED) is 0.113. The monoisotopic (exact) mass is 673 g/mol. The van der Waals surface area contributed by atoms with Gasteiger partial charge in [0.05, 0.1) is 17.6 Å². The number of imidazole rings is 1. The van der Waals surface area contributed by atoms with E-state index in [0.717, 1.165) is 61.3 Å². The molecule has 2 aromatic heterocycles. The van der Waals surface area contributed by atoms with E-state index in [0.29, 0.717) is 25.6 Å². The average Bonchev–Trinajstić information content (AvgIpc) is 3.48. The van der Waals surface area contributed by atoms with Crippen LogP contribution in [0.25, 0.3) is 11.0 Å². The molecule has 2 aromatic carbocycles. The first-order valence-electron chi connectivity index (χ1n) is 18.0. The number of hydrogen-bond donors (Lipinski definition) is 0. The van der Waals surface area contributed by atoms with E-state index >= 15 is 0 Å². The Kier molecular flexibility index (Phi) is 12.7. The number of carbonyl (C=O) groups is 1. The number of piperidine rings is 1. The Bertz CT molecular complexity index is 1700. The van der Waals surface area contributed by atoms with Crippen LogP contribution in [0.2, 0.25) is 0 Å². The van der Waals surface area contributed by atoms with E-state index in [1.165, 1.54) is 61.1 Å². The van der Waals surface area contributed by atoms with Gasteiger partial charge in [-0.05, 0) is 62.9 Å². The predicted octanol–water partition coefficient (Wildman–Crippen LogP) is 7.61. The summed E-state index contributed by atoms with van der Waals surface area (Å²) >= 11 is 0. The fraction of sp³-hybridized carbons (Fsp3) is 0.526. The Morgan fingerprint density at radius 1 is 0.980 bits per heavy atom. The molecular formula is C38H52FN7O3. The third kappa shape index (κ3) is 8.99. The number of aromatic nitrogens is 4. The van der Waals surface area contributed by atoms with Crippen LogP contribution in [0.15, 0.2) is 65.6 Å². The van der Waals surface area contributed by atoms with Gasteiger partial charge >= 0.3 is 6.09 Å². The summed E-state index contributed by atoms with van der Waals surface area (Å²) in [5.74, 6) is 1.11. The number of rotatable bonds is 16. The first kappa shape index (κ1) is 35.9. The van der Waals surface area contributed by atoms with Gasteiger partial charge in [-0.2, -0.15) is 0 Å². The zero-order valence-corrected chi connectivity index (χ0v) is 29.6. The minimum Gasteiger partial charge on any atom is -0.425 e. The van der Waals surface area contributed by atoms with Gasteiger partial charge in [-0.15, -0.1) is 0 Å². The lowest BCUT2D eigenvalue weighted by atomic mass is 10.0. The summed E-state index contributed by atoms with van der Waals surface area (Å²) in [6.07, 6.45) is 10.1. The van der Waals surface area contributed by atoms with Gasteiger partial charge < -0.3 is 24.0 Å². The molecule has 49 heavy (non-hydrogen) atoms. The van der Waals surface area contributed by atoms with E-state index < -0.39 is 12.3 Å². The number of unbranched alkanes of at least 4 members (excludes halogenated alkanes) is 6. The molecule has 1 fully saturated rings. The Morgan fingerprint density at radius 3 is 2.39 bits per heavy atom. The second-order valence-electron chi connectivity index (χ2n) is 13.1. The van der Waals surface area contributed by atoms with Crippen LogP contribution in [-0.4, -0.2) is 69.4 Å². The van der Waals surface area contributed by atoms with Crippen LogP contribution in [0.3, 0.4) is 0 Å². The van der Waals surface area contributed by atoms with Crippen LogP contribution >= 0.6 is 0 Å². The van der Waals surface area contributed by atoms with Crippen molar-refractivity contribution in [3.8, 4) is 0 Å². The van der Waals surface area contributed by atoms with Crippen LogP contribution in [0.5, 0.6) is 0 Å². The maximum Gasteiger partial charge on any atom is 0.411 e. The van der Waals surface area contributed by atoms with Crippen molar-refractivity contribution in [2.45, 2.75) is 97.4 Å². The normalized spacial score (nSPS) is 14.3. The Labute approximate surface area is 289 Å². The van der Waals surface area contributed by atoms with Gasteiger partial charge in [-0.3, -0.25) is 4.79 Å². The van der Waals surface area contributed by atoms with Crippen molar-refractivity contribution in [3.05, 3.63) is 82.5 Å². The number of para-hydroxylation sites is 2. The summed E-state index contributed by atoms with van der Waals surface area (Å²) in [5, 5.41) is 0. The lowest BCUT2D eigenvalue weighted by Crippen LogP contribution is -2.46. The molecule has 1 amide bonds.